The molecular formula is C27H36BrN3O4S. The molecule has 1 atom stereocenters. The number of carbonyl (C=O) groups excluding carboxylic acids is 2. The van der Waals surface area contributed by atoms with E-state index in [9.17, 15) is 18.0 Å². The molecule has 0 heterocycles. The summed E-state index contributed by atoms with van der Waals surface area (Å²) in [5, 5.41) is 3.16. The van der Waals surface area contributed by atoms with Gasteiger partial charge in [-0.2, -0.15) is 0 Å². The molecule has 1 N–H and O–H groups in total. The number of hydrogen-bond acceptors (Lipinski definition) is 4. The van der Waals surface area contributed by atoms with Crippen molar-refractivity contribution in [1.29, 1.82) is 0 Å². The van der Waals surface area contributed by atoms with Crippen LogP contribution in [0.4, 0.5) is 5.69 Å². The second-order valence-corrected chi connectivity index (χ2v) is 12.3. The number of nitrogens with one attached hydrogen (secondary N) is 1. The van der Waals surface area contributed by atoms with Crippen LogP contribution in [0, 0.1) is 6.92 Å². The molecule has 0 bridgehead atoms. The van der Waals surface area contributed by atoms with Crippen molar-refractivity contribution in [3.05, 3.63) is 64.1 Å². The number of rotatable bonds is 10. The van der Waals surface area contributed by atoms with Crippen molar-refractivity contribution >= 4 is 43.5 Å². The van der Waals surface area contributed by atoms with E-state index >= 15 is 0 Å². The zero-order valence-corrected chi connectivity index (χ0v) is 23.6. The first-order chi connectivity index (χ1) is 17.1. The van der Waals surface area contributed by atoms with E-state index in [4.69, 9.17) is 0 Å². The molecule has 2 aromatic carbocycles. The summed E-state index contributed by atoms with van der Waals surface area (Å²) in [5.41, 5.74) is 2.31. The van der Waals surface area contributed by atoms with E-state index in [2.05, 4.69) is 21.2 Å². The zero-order valence-electron chi connectivity index (χ0n) is 21.2. The van der Waals surface area contributed by atoms with Crippen LogP contribution < -0.4 is 9.62 Å². The first kappa shape index (κ1) is 28.2. The van der Waals surface area contributed by atoms with Crippen LogP contribution >= 0.6 is 15.9 Å². The van der Waals surface area contributed by atoms with Crippen molar-refractivity contribution in [3.8, 4) is 0 Å². The number of halogens is 1. The summed E-state index contributed by atoms with van der Waals surface area (Å²) in [6.45, 7) is 3.67. The largest absolute Gasteiger partial charge is 0.352 e. The van der Waals surface area contributed by atoms with E-state index in [1.807, 2.05) is 38.1 Å². The molecule has 0 saturated heterocycles. The van der Waals surface area contributed by atoms with Gasteiger partial charge >= 0.3 is 0 Å². The van der Waals surface area contributed by atoms with E-state index in [0.717, 1.165) is 47.4 Å². The monoisotopic (exact) mass is 577 g/mol. The third-order valence-corrected chi connectivity index (χ3v) is 8.35. The molecule has 1 fully saturated rings. The summed E-state index contributed by atoms with van der Waals surface area (Å²) < 4.78 is 27.2. The Morgan fingerprint density at radius 2 is 1.78 bits per heavy atom. The van der Waals surface area contributed by atoms with Crippen molar-refractivity contribution in [1.82, 2.24) is 10.2 Å². The minimum absolute atomic E-state index is 0.116. The molecule has 196 valence electrons. The van der Waals surface area contributed by atoms with E-state index in [-0.39, 0.29) is 18.5 Å². The van der Waals surface area contributed by atoms with Crippen LogP contribution in [0.15, 0.2) is 53.0 Å². The minimum atomic E-state index is -3.76. The third-order valence-electron chi connectivity index (χ3n) is 6.71. The van der Waals surface area contributed by atoms with Crippen molar-refractivity contribution in [2.45, 2.75) is 71.0 Å². The summed E-state index contributed by atoms with van der Waals surface area (Å²) in [4.78, 5) is 28.8. The molecule has 7 nitrogen and oxygen atoms in total. The van der Waals surface area contributed by atoms with Gasteiger partial charge in [-0.1, -0.05) is 72.4 Å². The molecule has 0 aliphatic heterocycles. The zero-order chi connectivity index (χ0) is 26.3. The molecule has 0 spiro atoms. The Labute approximate surface area is 223 Å². The number of aryl methyl sites for hydroxylation is 1. The Morgan fingerprint density at radius 3 is 2.39 bits per heavy atom. The Bertz CT molecular complexity index is 1170. The van der Waals surface area contributed by atoms with Gasteiger partial charge in [-0.05, 0) is 55.5 Å². The van der Waals surface area contributed by atoms with Crippen LogP contribution in [-0.4, -0.2) is 50.0 Å². The van der Waals surface area contributed by atoms with Crippen LogP contribution in [0.5, 0.6) is 0 Å². The third kappa shape index (κ3) is 7.56. The average Bonchev–Trinajstić information content (AvgIpc) is 2.83. The number of sulfonamides is 1. The van der Waals surface area contributed by atoms with Gasteiger partial charge < -0.3 is 10.2 Å². The first-order valence-electron chi connectivity index (χ1n) is 12.5. The van der Waals surface area contributed by atoms with Crippen LogP contribution in [0.1, 0.15) is 56.6 Å². The fourth-order valence-corrected chi connectivity index (χ4v) is 5.91. The van der Waals surface area contributed by atoms with Gasteiger partial charge in [0, 0.05) is 17.1 Å². The number of hydrogen-bond donors (Lipinski definition) is 1. The molecule has 3 rings (SSSR count). The first-order valence-corrected chi connectivity index (χ1v) is 15.1. The topological polar surface area (TPSA) is 86.8 Å². The molecule has 9 heteroatoms. The van der Waals surface area contributed by atoms with E-state index in [1.165, 1.54) is 11.3 Å². The number of amides is 2. The summed E-state index contributed by atoms with van der Waals surface area (Å²) in [7, 11) is -3.76. The second-order valence-electron chi connectivity index (χ2n) is 9.47. The smallest absolute Gasteiger partial charge is 0.244 e. The predicted octanol–water partition coefficient (Wildman–Crippen LogP) is 4.78. The summed E-state index contributed by atoms with van der Waals surface area (Å²) in [5.74, 6) is -0.603. The van der Waals surface area contributed by atoms with E-state index in [0.29, 0.717) is 16.6 Å². The second kappa shape index (κ2) is 12.7. The summed E-state index contributed by atoms with van der Waals surface area (Å²) in [6, 6.07) is 14.0. The molecule has 1 aliphatic rings. The van der Waals surface area contributed by atoms with Crippen molar-refractivity contribution in [2.75, 3.05) is 17.1 Å². The van der Waals surface area contributed by atoms with Gasteiger partial charge in [-0.15, -0.1) is 0 Å². The lowest BCUT2D eigenvalue weighted by atomic mass is 9.95. The van der Waals surface area contributed by atoms with Gasteiger partial charge in [0.25, 0.3) is 0 Å². The fourth-order valence-electron chi connectivity index (χ4n) is 4.68. The van der Waals surface area contributed by atoms with Gasteiger partial charge in [0.15, 0.2) is 0 Å². The number of benzene rings is 2. The van der Waals surface area contributed by atoms with Gasteiger partial charge in [0.1, 0.15) is 12.6 Å². The van der Waals surface area contributed by atoms with Crippen molar-refractivity contribution in [3.63, 3.8) is 0 Å². The van der Waals surface area contributed by atoms with Crippen LogP contribution in [0.3, 0.4) is 0 Å². The van der Waals surface area contributed by atoms with Crippen LogP contribution in [0.25, 0.3) is 0 Å². The SMILES string of the molecule is CC[C@H](C(=O)NC1CCCCC1)N(Cc1ccccc1C)C(=O)CN(c1cccc(Br)c1)S(C)(=O)=O. The molecule has 2 aromatic rings. The molecule has 2 amide bonds. The fraction of sp³-hybridized carbons (Fsp3) is 0.481. The Morgan fingerprint density at radius 1 is 1.08 bits per heavy atom. The highest BCUT2D eigenvalue weighted by Gasteiger charge is 2.33. The lowest BCUT2D eigenvalue weighted by molar-refractivity contribution is -0.140. The normalized spacial score (nSPS) is 15.2. The molecule has 36 heavy (non-hydrogen) atoms. The minimum Gasteiger partial charge on any atom is -0.352 e. The predicted molar refractivity (Wildman–Crippen MR) is 147 cm³/mol. The van der Waals surface area contributed by atoms with Crippen molar-refractivity contribution < 1.29 is 18.0 Å². The highest BCUT2D eigenvalue weighted by molar-refractivity contribution is 9.10. The molecule has 1 aliphatic carbocycles. The van der Waals surface area contributed by atoms with Crippen LogP contribution in [0.2, 0.25) is 0 Å². The Hall–Kier alpha value is -2.39. The lowest BCUT2D eigenvalue weighted by Gasteiger charge is -2.34. The highest BCUT2D eigenvalue weighted by atomic mass is 79.9. The number of anilines is 1. The molecule has 1 saturated carbocycles. The molecule has 0 radical (unpaired) electrons. The quantitative estimate of drug-likeness (QED) is 0.440. The van der Waals surface area contributed by atoms with E-state index < -0.39 is 28.5 Å². The van der Waals surface area contributed by atoms with Crippen molar-refractivity contribution in [2.24, 2.45) is 0 Å². The number of carbonyl (C=O) groups is 2. The molecule has 0 aromatic heterocycles. The van der Waals surface area contributed by atoms with Gasteiger partial charge in [0.2, 0.25) is 21.8 Å². The average molecular weight is 579 g/mol. The van der Waals surface area contributed by atoms with Crippen LogP contribution in [-0.2, 0) is 26.2 Å². The van der Waals surface area contributed by atoms with Gasteiger partial charge in [-0.3, -0.25) is 13.9 Å². The summed E-state index contributed by atoms with van der Waals surface area (Å²) >= 11 is 3.38. The Kier molecular flexibility index (Phi) is 9.96. The van der Waals surface area contributed by atoms with E-state index in [1.54, 1.807) is 24.3 Å². The summed E-state index contributed by atoms with van der Waals surface area (Å²) in [6.07, 6.45) is 6.74. The maximum absolute atomic E-state index is 13.8. The van der Waals surface area contributed by atoms with Gasteiger partial charge in [-0.25, -0.2) is 8.42 Å². The maximum atomic E-state index is 13.8. The Balaban J connectivity index is 1.92. The maximum Gasteiger partial charge on any atom is 0.244 e. The standard InChI is InChI=1S/C27H36BrN3O4S/c1-4-25(27(33)29-23-14-6-5-7-15-23)30(18-21-12-9-8-11-20(21)2)26(32)19-31(36(3,34)35)24-16-10-13-22(28)17-24/h8-13,16-17,23,25H,4-7,14-15,18-19H2,1-3H3,(H,29,33)/t25-/m1/s1. The lowest BCUT2D eigenvalue weighted by Crippen LogP contribution is -2.54. The molecular weight excluding hydrogens is 542 g/mol. The molecule has 0 unspecified atom stereocenters. The van der Waals surface area contributed by atoms with Gasteiger partial charge in [0.05, 0.1) is 11.9 Å². The highest BCUT2D eigenvalue weighted by Crippen LogP contribution is 2.24. The number of nitrogens with zero attached hydrogens (tertiary/aromatic N) is 2.